The van der Waals surface area contributed by atoms with Gasteiger partial charge in [-0.1, -0.05) is 29.3 Å². The van der Waals surface area contributed by atoms with Crippen LogP contribution in [0.2, 0.25) is 0 Å². The Balaban J connectivity index is 4.08. The van der Waals surface area contributed by atoms with Crippen LogP contribution in [0.25, 0.3) is 0 Å². The van der Waals surface area contributed by atoms with Gasteiger partial charge in [-0.15, -0.1) is 0 Å². The van der Waals surface area contributed by atoms with Crippen molar-refractivity contribution in [2.24, 2.45) is 0 Å². The number of rotatable bonds is 7. The summed E-state index contributed by atoms with van der Waals surface area (Å²) in [4.78, 5) is 0.289. The van der Waals surface area contributed by atoms with Gasteiger partial charge in [0.2, 0.25) is 0 Å². The summed E-state index contributed by atoms with van der Waals surface area (Å²) in [7, 11) is 0. The summed E-state index contributed by atoms with van der Waals surface area (Å²) in [6.45, 7) is 10.3. The van der Waals surface area contributed by atoms with Crippen molar-refractivity contribution in [3.05, 3.63) is 0 Å². The maximum Gasteiger partial charge on any atom is 0.170 e. The zero-order chi connectivity index (χ0) is 11.1. The van der Waals surface area contributed by atoms with E-state index < -0.39 is 0 Å². The van der Waals surface area contributed by atoms with Gasteiger partial charge in [-0.2, -0.15) is 0 Å². The molecule has 0 bridgehead atoms. The van der Waals surface area contributed by atoms with Gasteiger partial charge in [0.15, 0.2) is 6.29 Å². The number of alkyl halides is 1. The Hall–Kier alpha value is 0.400. The molecule has 0 aliphatic heterocycles. The molecule has 0 spiro atoms. The second-order valence-electron chi connectivity index (χ2n) is 4.04. The molecule has 0 aliphatic carbocycles. The van der Waals surface area contributed by atoms with E-state index >= 15 is 0 Å². The van der Waals surface area contributed by atoms with E-state index in [0.29, 0.717) is 0 Å². The lowest BCUT2D eigenvalue weighted by molar-refractivity contribution is -0.179. The van der Waals surface area contributed by atoms with Crippen LogP contribution in [0.5, 0.6) is 0 Å². The Bertz CT molecular complexity index is 127. The normalized spacial score (nSPS) is 14.4. The Morgan fingerprint density at radius 2 is 1.43 bits per heavy atom. The zero-order valence-corrected chi connectivity index (χ0v) is 11.5. The van der Waals surface area contributed by atoms with E-state index in [2.05, 4.69) is 22.9 Å². The number of ether oxygens (including phenoxy) is 2. The third kappa shape index (κ3) is 6.80. The van der Waals surface area contributed by atoms with Crippen LogP contribution >= 0.6 is 15.9 Å². The minimum atomic E-state index is -0.130. The molecule has 0 radical (unpaired) electrons. The van der Waals surface area contributed by atoms with Crippen molar-refractivity contribution in [3.8, 4) is 0 Å². The first-order chi connectivity index (χ1) is 6.47. The van der Waals surface area contributed by atoms with Gasteiger partial charge in [0, 0.05) is 0 Å². The second kappa shape index (κ2) is 7.66. The smallest absolute Gasteiger partial charge is 0.170 e. The molecule has 2 nitrogen and oxygen atoms in total. The van der Waals surface area contributed by atoms with Crippen molar-refractivity contribution < 1.29 is 9.47 Å². The van der Waals surface area contributed by atoms with Gasteiger partial charge < -0.3 is 9.47 Å². The number of hydrogen-bond donors (Lipinski definition) is 0. The lowest BCUT2D eigenvalue weighted by Gasteiger charge is -2.26. The molecule has 0 heterocycles. The SMILES string of the molecule is CCCC(Br)C(OC(C)C)OC(C)C. The predicted octanol–water partition coefficient (Wildman–Crippen LogP) is 3.73. The average molecular weight is 267 g/mol. The first-order valence-electron chi connectivity index (χ1n) is 5.42. The Morgan fingerprint density at radius 3 is 1.71 bits per heavy atom. The van der Waals surface area contributed by atoms with Crippen LogP contribution in [0.4, 0.5) is 0 Å². The molecule has 3 heteroatoms. The maximum atomic E-state index is 5.71. The van der Waals surface area contributed by atoms with Gasteiger partial charge in [-0.25, -0.2) is 0 Å². The highest BCUT2D eigenvalue weighted by Gasteiger charge is 2.21. The van der Waals surface area contributed by atoms with E-state index in [1.54, 1.807) is 0 Å². The van der Waals surface area contributed by atoms with Gasteiger partial charge in [0.25, 0.3) is 0 Å². The van der Waals surface area contributed by atoms with E-state index in [1.807, 2.05) is 27.7 Å². The fourth-order valence-corrected chi connectivity index (χ4v) is 1.86. The third-order valence-corrected chi connectivity index (χ3v) is 2.56. The average Bonchev–Trinajstić information content (AvgIpc) is 2.01. The fourth-order valence-electron chi connectivity index (χ4n) is 1.15. The molecular formula is C11H23BrO2. The minimum Gasteiger partial charge on any atom is -0.349 e. The van der Waals surface area contributed by atoms with Crippen LogP contribution in [0.15, 0.2) is 0 Å². The Labute approximate surface area is 96.5 Å². The van der Waals surface area contributed by atoms with Crippen LogP contribution in [0.1, 0.15) is 47.5 Å². The largest absolute Gasteiger partial charge is 0.349 e. The Kier molecular flexibility index (Phi) is 7.88. The zero-order valence-electron chi connectivity index (χ0n) is 9.92. The van der Waals surface area contributed by atoms with Crippen LogP contribution in [0.3, 0.4) is 0 Å². The topological polar surface area (TPSA) is 18.5 Å². The maximum absolute atomic E-state index is 5.71. The summed E-state index contributed by atoms with van der Waals surface area (Å²) >= 11 is 3.61. The fraction of sp³-hybridized carbons (Fsp3) is 1.00. The number of halogens is 1. The van der Waals surface area contributed by atoms with Crippen molar-refractivity contribution in [2.75, 3.05) is 0 Å². The van der Waals surface area contributed by atoms with E-state index in [9.17, 15) is 0 Å². The molecule has 86 valence electrons. The summed E-state index contributed by atoms with van der Waals surface area (Å²) in [5.74, 6) is 0. The van der Waals surface area contributed by atoms with E-state index in [0.717, 1.165) is 12.8 Å². The highest BCUT2D eigenvalue weighted by Crippen LogP contribution is 2.19. The van der Waals surface area contributed by atoms with Gasteiger partial charge in [0.05, 0.1) is 17.0 Å². The van der Waals surface area contributed by atoms with Gasteiger partial charge in [0.1, 0.15) is 0 Å². The molecule has 1 atom stereocenters. The molecule has 0 aromatic carbocycles. The van der Waals surface area contributed by atoms with E-state index in [1.165, 1.54) is 0 Å². The molecule has 0 N–H and O–H groups in total. The molecule has 0 fully saturated rings. The first-order valence-corrected chi connectivity index (χ1v) is 6.33. The Morgan fingerprint density at radius 1 is 1.00 bits per heavy atom. The van der Waals surface area contributed by atoms with Crippen molar-refractivity contribution >= 4 is 15.9 Å². The monoisotopic (exact) mass is 266 g/mol. The molecule has 0 amide bonds. The second-order valence-corrected chi connectivity index (χ2v) is 5.22. The van der Waals surface area contributed by atoms with Crippen LogP contribution in [0, 0.1) is 0 Å². The molecule has 0 aromatic rings. The lowest BCUT2D eigenvalue weighted by atomic mass is 10.2. The number of hydrogen-bond acceptors (Lipinski definition) is 2. The lowest BCUT2D eigenvalue weighted by Crippen LogP contribution is -2.32. The first kappa shape index (κ1) is 14.4. The van der Waals surface area contributed by atoms with Crippen LogP contribution in [-0.4, -0.2) is 23.3 Å². The summed E-state index contributed by atoms with van der Waals surface area (Å²) in [5.41, 5.74) is 0. The quantitative estimate of drug-likeness (QED) is 0.517. The highest BCUT2D eigenvalue weighted by atomic mass is 79.9. The van der Waals surface area contributed by atoms with Gasteiger partial charge >= 0.3 is 0 Å². The van der Waals surface area contributed by atoms with Gasteiger partial charge in [-0.05, 0) is 34.1 Å². The van der Waals surface area contributed by atoms with Crippen LogP contribution in [-0.2, 0) is 9.47 Å². The minimum absolute atomic E-state index is 0.130. The standard InChI is InChI=1S/C11H23BrO2/c1-6-7-10(12)11(13-8(2)3)14-9(4)5/h8-11H,6-7H2,1-5H3. The summed E-state index contributed by atoms with van der Waals surface area (Å²) in [5, 5.41) is 0. The molecule has 0 saturated carbocycles. The van der Waals surface area contributed by atoms with Crippen molar-refractivity contribution in [1.82, 2.24) is 0 Å². The molecule has 0 rings (SSSR count). The van der Waals surface area contributed by atoms with E-state index in [-0.39, 0.29) is 23.3 Å². The van der Waals surface area contributed by atoms with Crippen molar-refractivity contribution in [2.45, 2.75) is 70.8 Å². The summed E-state index contributed by atoms with van der Waals surface area (Å²) in [6.07, 6.45) is 2.49. The highest BCUT2D eigenvalue weighted by molar-refractivity contribution is 9.09. The molecular weight excluding hydrogens is 244 g/mol. The molecule has 14 heavy (non-hydrogen) atoms. The molecule has 1 unspecified atom stereocenters. The molecule has 0 saturated heterocycles. The van der Waals surface area contributed by atoms with E-state index in [4.69, 9.17) is 9.47 Å². The van der Waals surface area contributed by atoms with Crippen LogP contribution < -0.4 is 0 Å². The predicted molar refractivity (Wildman–Crippen MR) is 63.9 cm³/mol. The van der Waals surface area contributed by atoms with Gasteiger partial charge in [-0.3, -0.25) is 0 Å². The van der Waals surface area contributed by atoms with Crippen molar-refractivity contribution in [3.63, 3.8) is 0 Å². The molecule has 0 aromatic heterocycles. The third-order valence-electron chi connectivity index (χ3n) is 1.67. The van der Waals surface area contributed by atoms with Crippen molar-refractivity contribution in [1.29, 1.82) is 0 Å². The molecule has 0 aliphatic rings. The summed E-state index contributed by atoms with van der Waals surface area (Å²) in [6, 6.07) is 0. The summed E-state index contributed by atoms with van der Waals surface area (Å²) < 4.78 is 11.4.